The van der Waals surface area contributed by atoms with E-state index in [4.69, 9.17) is 5.11 Å². The van der Waals surface area contributed by atoms with Crippen LogP contribution in [0.15, 0.2) is 42.5 Å². The highest BCUT2D eigenvalue weighted by Crippen LogP contribution is 2.25. The van der Waals surface area contributed by atoms with Gasteiger partial charge in [0.05, 0.1) is 0 Å². The second-order valence-corrected chi connectivity index (χ2v) is 4.91. The summed E-state index contributed by atoms with van der Waals surface area (Å²) >= 11 is 0. The molecule has 0 radical (unpaired) electrons. The molecule has 2 heteroatoms. The molecule has 0 amide bonds. The van der Waals surface area contributed by atoms with Gasteiger partial charge in [0.15, 0.2) is 0 Å². The Kier molecular flexibility index (Phi) is 4.00. The van der Waals surface area contributed by atoms with Crippen LogP contribution in [0.4, 0.5) is 0 Å². The summed E-state index contributed by atoms with van der Waals surface area (Å²) in [5.41, 5.74) is 5.92. The average Bonchev–Trinajstić information content (AvgIpc) is 2.39. The number of carboxylic acids is 1. The first-order valence-electron chi connectivity index (χ1n) is 6.44. The SMILES string of the molecule is Cc1ccc(C)c(-c2cccc(CCC(=O)O)c2)c1. The Morgan fingerprint density at radius 3 is 2.63 bits per heavy atom. The Bertz CT molecular complexity index is 600. The van der Waals surface area contributed by atoms with Gasteiger partial charge in [-0.1, -0.05) is 48.0 Å². The molecule has 0 saturated heterocycles. The molecule has 0 aliphatic heterocycles. The molecule has 0 heterocycles. The lowest BCUT2D eigenvalue weighted by molar-refractivity contribution is -0.136. The van der Waals surface area contributed by atoms with Crippen molar-refractivity contribution in [3.8, 4) is 11.1 Å². The fraction of sp³-hybridized carbons (Fsp3) is 0.235. The zero-order valence-electron chi connectivity index (χ0n) is 11.3. The monoisotopic (exact) mass is 254 g/mol. The van der Waals surface area contributed by atoms with Crippen molar-refractivity contribution in [2.45, 2.75) is 26.7 Å². The minimum Gasteiger partial charge on any atom is -0.481 e. The molecule has 0 aliphatic rings. The van der Waals surface area contributed by atoms with Gasteiger partial charge in [-0.25, -0.2) is 0 Å². The van der Waals surface area contributed by atoms with Crippen LogP contribution >= 0.6 is 0 Å². The number of aliphatic carboxylic acids is 1. The summed E-state index contributed by atoms with van der Waals surface area (Å²) in [7, 11) is 0. The second-order valence-electron chi connectivity index (χ2n) is 4.91. The molecule has 2 aromatic carbocycles. The summed E-state index contributed by atoms with van der Waals surface area (Å²) in [6.07, 6.45) is 0.754. The maximum Gasteiger partial charge on any atom is 0.303 e. The Labute approximate surface area is 113 Å². The summed E-state index contributed by atoms with van der Waals surface area (Å²) in [5, 5.41) is 8.74. The Morgan fingerprint density at radius 2 is 1.89 bits per heavy atom. The highest BCUT2D eigenvalue weighted by Gasteiger charge is 2.04. The van der Waals surface area contributed by atoms with Gasteiger partial charge in [-0.05, 0) is 42.5 Å². The zero-order valence-corrected chi connectivity index (χ0v) is 11.3. The molecule has 0 saturated carbocycles. The van der Waals surface area contributed by atoms with E-state index in [1.807, 2.05) is 12.1 Å². The maximum absolute atomic E-state index is 10.6. The van der Waals surface area contributed by atoms with E-state index in [1.165, 1.54) is 16.7 Å². The summed E-state index contributed by atoms with van der Waals surface area (Å²) < 4.78 is 0. The fourth-order valence-corrected chi connectivity index (χ4v) is 2.19. The van der Waals surface area contributed by atoms with Crippen LogP contribution in [0.5, 0.6) is 0 Å². The molecule has 0 bridgehead atoms. The third-order valence-electron chi connectivity index (χ3n) is 3.26. The van der Waals surface area contributed by atoms with Crippen LogP contribution in [0.25, 0.3) is 11.1 Å². The lowest BCUT2D eigenvalue weighted by Crippen LogP contribution is -1.97. The lowest BCUT2D eigenvalue weighted by Gasteiger charge is -2.09. The van der Waals surface area contributed by atoms with Gasteiger partial charge in [-0.2, -0.15) is 0 Å². The molecule has 2 aromatic rings. The Balaban J connectivity index is 2.32. The molecule has 98 valence electrons. The van der Waals surface area contributed by atoms with E-state index in [0.29, 0.717) is 6.42 Å². The normalized spacial score (nSPS) is 10.4. The van der Waals surface area contributed by atoms with Crippen LogP contribution in [0.3, 0.4) is 0 Å². The highest BCUT2D eigenvalue weighted by molar-refractivity contribution is 5.69. The molecular formula is C17H18O2. The Hall–Kier alpha value is -2.09. The van der Waals surface area contributed by atoms with Crippen molar-refractivity contribution in [1.29, 1.82) is 0 Å². The topological polar surface area (TPSA) is 37.3 Å². The molecule has 1 N–H and O–H groups in total. The van der Waals surface area contributed by atoms with Crippen LogP contribution in [0, 0.1) is 13.8 Å². The predicted molar refractivity (Wildman–Crippen MR) is 77.3 cm³/mol. The number of benzene rings is 2. The molecule has 0 atom stereocenters. The van der Waals surface area contributed by atoms with Crippen LogP contribution in [-0.2, 0) is 11.2 Å². The smallest absolute Gasteiger partial charge is 0.303 e. The first-order valence-corrected chi connectivity index (χ1v) is 6.44. The van der Waals surface area contributed by atoms with E-state index in [9.17, 15) is 4.79 Å². The van der Waals surface area contributed by atoms with Crippen molar-refractivity contribution < 1.29 is 9.90 Å². The molecule has 0 aliphatic carbocycles. The third kappa shape index (κ3) is 3.44. The van der Waals surface area contributed by atoms with Gasteiger partial charge in [0.1, 0.15) is 0 Å². The summed E-state index contributed by atoms with van der Waals surface area (Å²) in [4.78, 5) is 10.6. The van der Waals surface area contributed by atoms with E-state index >= 15 is 0 Å². The summed E-state index contributed by atoms with van der Waals surface area (Å²) in [6, 6.07) is 14.5. The number of carboxylic acid groups (broad SMARTS) is 1. The van der Waals surface area contributed by atoms with Crippen molar-refractivity contribution in [2.75, 3.05) is 0 Å². The average molecular weight is 254 g/mol. The van der Waals surface area contributed by atoms with Gasteiger partial charge in [-0.3, -0.25) is 4.79 Å². The van der Waals surface area contributed by atoms with Crippen LogP contribution in [-0.4, -0.2) is 11.1 Å². The molecule has 0 fully saturated rings. The predicted octanol–water partition coefficient (Wildman–Crippen LogP) is 3.99. The second kappa shape index (κ2) is 5.70. The lowest BCUT2D eigenvalue weighted by atomic mass is 9.96. The molecular weight excluding hydrogens is 236 g/mol. The zero-order chi connectivity index (χ0) is 13.8. The number of carbonyl (C=O) groups is 1. The number of aryl methyl sites for hydroxylation is 3. The van der Waals surface area contributed by atoms with Crippen molar-refractivity contribution in [2.24, 2.45) is 0 Å². The first kappa shape index (κ1) is 13.3. The number of hydrogen-bond donors (Lipinski definition) is 1. The quantitative estimate of drug-likeness (QED) is 0.895. The Morgan fingerprint density at radius 1 is 1.11 bits per heavy atom. The van der Waals surface area contributed by atoms with Crippen molar-refractivity contribution in [3.63, 3.8) is 0 Å². The van der Waals surface area contributed by atoms with Gasteiger partial charge < -0.3 is 5.11 Å². The highest BCUT2D eigenvalue weighted by atomic mass is 16.4. The third-order valence-corrected chi connectivity index (χ3v) is 3.26. The molecule has 0 spiro atoms. The van der Waals surface area contributed by atoms with E-state index in [2.05, 4.69) is 44.2 Å². The maximum atomic E-state index is 10.6. The standard InChI is InChI=1S/C17H18O2/c1-12-6-7-13(2)16(10-12)15-5-3-4-14(11-15)8-9-17(18)19/h3-7,10-11H,8-9H2,1-2H3,(H,18,19). The van der Waals surface area contributed by atoms with E-state index in [0.717, 1.165) is 11.1 Å². The molecule has 19 heavy (non-hydrogen) atoms. The number of hydrogen-bond acceptors (Lipinski definition) is 1. The van der Waals surface area contributed by atoms with Gasteiger partial charge in [0.2, 0.25) is 0 Å². The van der Waals surface area contributed by atoms with Crippen LogP contribution < -0.4 is 0 Å². The van der Waals surface area contributed by atoms with Gasteiger partial charge in [0, 0.05) is 6.42 Å². The molecule has 0 aromatic heterocycles. The summed E-state index contributed by atoms with van der Waals surface area (Å²) in [5.74, 6) is -0.753. The molecule has 2 rings (SSSR count). The van der Waals surface area contributed by atoms with Crippen molar-refractivity contribution >= 4 is 5.97 Å². The van der Waals surface area contributed by atoms with E-state index in [-0.39, 0.29) is 6.42 Å². The fourth-order valence-electron chi connectivity index (χ4n) is 2.19. The van der Waals surface area contributed by atoms with Gasteiger partial charge in [-0.15, -0.1) is 0 Å². The first-order chi connectivity index (χ1) is 9.06. The van der Waals surface area contributed by atoms with E-state index < -0.39 is 5.97 Å². The van der Waals surface area contributed by atoms with Crippen LogP contribution in [0.1, 0.15) is 23.1 Å². The van der Waals surface area contributed by atoms with Crippen LogP contribution in [0.2, 0.25) is 0 Å². The molecule has 0 unspecified atom stereocenters. The minimum atomic E-state index is -0.753. The largest absolute Gasteiger partial charge is 0.481 e. The van der Waals surface area contributed by atoms with Crippen molar-refractivity contribution in [3.05, 3.63) is 59.2 Å². The van der Waals surface area contributed by atoms with Gasteiger partial charge in [0.25, 0.3) is 0 Å². The van der Waals surface area contributed by atoms with Crippen molar-refractivity contribution in [1.82, 2.24) is 0 Å². The van der Waals surface area contributed by atoms with Gasteiger partial charge >= 0.3 is 5.97 Å². The minimum absolute atomic E-state index is 0.177. The molecule has 2 nitrogen and oxygen atoms in total. The summed E-state index contributed by atoms with van der Waals surface area (Å²) in [6.45, 7) is 4.18. The van der Waals surface area contributed by atoms with E-state index in [1.54, 1.807) is 0 Å². The number of rotatable bonds is 4.